The smallest absolute Gasteiger partial charge is 0.234 e. The maximum absolute atomic E-state index is 12.3. The molecule has 1 saturated heterocycles. The first-order chi connectivity index (χ1) is 9.61. The van der Waals surface area contributed by atoms with Gasteiger partial charge < -0.3 is 10.4 Å². The lowest BCUT2D eigenvalue weighted by Gasteiger charge is -2.37. The van der Waals surface area contributed by atoms with E-state index < -0.39 is 0 Å². The third-order valence-electron chi connectivity index (χ3n) is 5.36. The van der Waals surface area contributed by atoms with Crippen molar-refractivity contribution in [1.29, 1.82) is 0 Å². The Morgan fingerprint density at radius 1 is 1.20 bits per heavy atom. The quantitative estimate of drug-likeness (QED) is 0.826. The molecular formula is C16H30N2O2. The minimum atomic E-state index is 0.135. The van der Waals surface area contributed by atoms with Crippen LogP contribution in [-0.4, -0.2) is 47.7 Å². The minimum Gasteiger partial charge on any atom is -0.395 e. The van der Waals surface area contributed by atoms with E-state index in [1.807, 2.05) is 0 Å². The van der Waals surface area contributed by atoms with E-state index >= 15 is 0 Å². The summed E-state index contributed by atoms with van der Waals surface area (Å²) in [4.78, 5) is 14.4. The average Bonchev–Trinajstić information content (AvgIpc) is 2.44. The third-order valence-corrected chi connectivity index (χ3v) is 5.36. The predicted molar refractivity (Wildman–Crippen MR) is 80.4 cm³/mol. The Morgan fingerprint density at radius 3 is 2.75 bits per heavy atom. The topological polar surface area (TPSA) is 52.6 Å². The Kier molecular flexibility index (Phi) is 5.85. The monoisotopic (exact) mass is 282 g/mol. The van der Waals surface area contributed by atoms with Gasteiger partial charge in [0.15, 0.2) is 0 Å². The number of hydrogen-bond donors (Lipinski definition) is 2. The standard InChI is InChI=1S/C16H30N2O2/c1-12-6-5-8-15(13(12)2)17-16(20)10-18-9-4-3-7-14(18)11-19/h12-15,19H,3-11H2,1-2H3,(H,17,20). The summed E-state index contributed by atoms with van der Waals surface area (Å²) in [6.07, 6.45) is 6.94. The van der Waals surface area contributed by atoms with Crippen LogP contribution in [-0.2, 0) is 4.79 Å². The molecule has 0 aromatic heterocycles. The van der Waals surface area contributed by atoms with Crippen LogP contribution in [0.1, 0.15) is 52.4 Å². The van der Waals surface area contributed by atoms with Gasteiger partial charge in [-0.1, -0.05) is 33.1 Å². The molecule has 4 heteroatoms. The summed E-state index contributed by atoms with van der Waals surface area (Å²) < 4.78 is 0. The number of rotatable bonds is 4. The SMILES string of the molecule is CC1CCCC(NC(=O)CN2CCCCC2CO)C1C. The molecule has 0 radical (unpaired) electrons. The highest BCUT2D eigenvalue weighted by Gasteiger charge is 2.29. The van der Waals surface area contributed by atoms with Crippen molar-refractivity contribution in [2.75, 3.05) is 19.7 Å². The van der Waals surface area contributed by atoms with Crippen molar-refractivity contribution in [1.82, 2.24) is 10.2 Å². The van der Waals surface area contributed by atoms with Crippen LogP contribution >= 0.6 is 0 Å². The number of likely N-dealkylation sites (tertiary alicyclic amines) is 1. The van der Waals surface area contributed by atoms with E-state index in [1.165, 1.54) is 19.3 Å². The molecule has 4 nitrogen and oxygen atoms in total. The first kappa shape index (κ1) is 15.8. The summed E-state index contributed by atoms with van der Waals surface area (Å²) in [5, 5.41) is 12.6. The van der Waals surface area contributed by atoms with Gasteiger partial charge in [0, 0.05) is 12.1 Å². The van der Waals surface area contributed by atoms with Crippen molar-refractivity contribution in [3.05, 3.63) is 0 Å². The molecule has 116 valence electrons. The molecule has 1 saturated carbocycles. The number of hydrogen-bond acceptors (Lipinski definition) is 3. The number of aliphatic hydroxyl groups excluding tert-OH is 1. The number of amides is 1. The number of piperidine rings is 1. The lowest BCUT2D eigenvalue weighted by molar-refractivity contribution is -0.124. The molecule has 1 amide bonds. The van der Waals surface area contributed by atoms with Crippen LogP contribution in [0.2, 0.25) is 0 Å². The molecule has 2 aliphatic rings. The highest BCUT2D eigenvalue weighted by Crippen LogP contribution is 2.29. The molecule has 1 aliphatic carbocycles. The zero-order valence-electron chi connectivity index (χ0n) is 13.0. The summed E-state index contributed by atoms with van der Waals surface area (Å²) in [6, 6.07) is 0.515. The Hall–Kier alpha value is -0.610. The first-order valence-electron chi connectivity index (χ1n) is 8.26. The van der Waals surface area contributed by atoms with Crippen LogP contribution < -0.4 is 5.32 Å². The van der Waals surface area contributed by atoms with Crippen LogP contribution in [0.15, 0.2) is 0 Å². The van der Waals surface area contributed by atoms with Gasteiger partial charge in [0.1, 0.15) is 0 Å². The largest absolute Gasteiger partial charge is 0.395 e. The van der Waals surface area contributed by atoms with Gasteiger partial charge >= 0.3 is 0 Å². The highest BCUT2D eigenvalue weighted by atomic mass is 16.3. The third kappa shape index (κ3) is 3.95. The number of carbonyl (C=O) groups excluding carboxylic acids is 1. The van der Waals surface area contributed by atoms with Crippen LogP contribution in [0.5, 0.6) is 0 Å². The zero-order valence-corrected chi connectivity index (χ0v) is 13.0. The Morgan fingerprint density at radius 2 is 2.00 bits per heavy atom. The van der Waals surface area contributed by atoms with Crippen LogP contribution in [0.25, 0.3) is 0 Å². The maximum Gasteiger partial charge on any atom is 0.234 e. The molecule has 0 bridgehead atoms. The van der Waals surface area contributed by atoms with E-state index in [2.05, 4.69) is 24.1 Å². The molecule has 20 heavy (non-hydrogen) atoms. The molecule has 2 fully saturated rings. The number of nitrogens with one attached hydrogen (secondary N) is 1. The molecule has 4 unspecified atom stereocenters. The molecule has 2 rings (SSSR count). The fourth-order valence-corrected chi connectivity index (χ4v) is 3.70. The van der Waals surface area contributed by atoms with Gasteiger partial charge in [-0.05, 0) is 37.6 Å². The number of aliphatic hydroxyl groups is 1. The highest BCUT2D eigenvalue weighted by molar-refractivity contribution is 5.78. The van der Waals surface area contributed by atoms with Crippen LogP contribution in [0, 0.1) is 11.8 Å². The second-order valence-electron chi connectivity index (χ2n) is 6.74. The van der Waals surface area contributed by atoms with E-state index in [1.54, 1.807) is 0 Å². The molecule has 0 spiro atoms. The van der Waals surface area contributed by atoms with E-state index in [-0.39, 0.29) is 18.6 Å². The van der Waals surface area contributed by atoms with Gasteiger partial charge in [-0.15, -0.1) is 0 Å². The molecule has 0 aromatic carbocycles. The van der Waals surface area contributed by atoms with Gasteiger partial charge in [0.05, 0.1) is 13.2 Å². The fraction of sp³-hybridized carbons (Fsp3) is 0.938. The van der Waals surface area contributed by atoms with Crippen molar-refractivity contribution in [3.8, 4) is 0 Å². The Balaban J connectivity index is 1.82. The predicted octanol–water partition coefficient (Wildman–Crippen LogP) is 1.77. The summed E-state index contributed by atoms with van der Waals surface area (Å²) >= 11 is 0. The van der Waals surface area contributed by atoms with Crippen molar-refractivity contribution in [2.45, 2.75) is 64.5 Å². The van der Waals surface area contributed by atoms with Crippen molar-refractivity contribution in [2.24, 2.45) is 11.8 Å². The van der Waals surface area contributed by atoms with Crippen LogP contribution in [0.4, 0.5) is 0 Å². The van der Waals surface area contributed by atoms with Gasteiger partial charge in [-0.3, -0.25) is 9.69 Å². The number of nitrogens with zero attached hydrogens (tertiary/aromatic N) is 1. The molecule has 2 N–H and O–H groups in total. The zero-order chi connectivity index (χ0) is 14.5. The van der Waals surface area contributed by atoms with Gasteiger partial charge in [-0.25, -0.2) is 0 Å². The summed E-state index contributed by atoms with van der Waals surface area (Å²) in [7, 11) is 0. The van der Waals surface area contributed by atoms with E-state index in [9.17, 15) is 9.90 Å². The first-order valence-corrected chi connectivity index (χ1v) is 8.26. The number of carbonyl (C=O) groups is 1. The molecule has 4 atom stereocenters. The van der Waals surface area contributed by atoms with E-state index in [0.717, 1.165) is 25.8 Å². The summed E-state index contributed by atoms with van der Waals surface area (Å²) in [5.74, 6) is 1.41. The summed E-state index contributed by atoms with van der Waals surface area (Å²) in [5.41, 5.74) is 0. The van der Waals surface area contributed by atoms with Crippen molar-refractivity contribution < 1.29 is 9.90 Å². The Bertz CT molecular complexity index is 310. The average molecular weight is 282 g/mol. The van der Waals surface area contributed by atoms with Crippen molar-refractivity contribution >= 4 is 5.91 Å². The van der Waals surface area contributed by atoms with Crippen molar-refractivity contribution in [3.63, 3.8) is 0 Å². The Labute approximate surface area is 122 Å². The van der Waals surface area contributed by atoms with E-state index in [4.69, 9.17) is 0 Å². The molecule has 1 aliphatic heterocycles. The lowest BCUT2D eigenvalue weighted by atomic mass is 9.78. The van der Waals surface area contributed by atoms with Gasteiger partial charge in [-0.2, -0.15) is 0 Å². The molecule has 0 aromatic rings. The minimum absolute atomic E-state index is 0.135. The van der Waals surface area contributed by atoms with E-state index in [0.29, 0.717) is 24.4 Å². The second-order valence-corrected chi connectivity index (χ2v) is 6.74. The summed E-state index contributed by atoms with van der Waals surface area (Å²) in [6.45, 7) is 6.10. The normalized spacial score (nSPS) is 35.8. The van der Waals surface area contributed by atoms with Crippen LogP contribution in [0.3, 0.4) is 0 Å². The fourth-order valence-electron chi connectivity index (χ4n) is 3.70. The maximum atomic E-state index is 12.3. The second kappa shape index (κ2) is 7.41. The lowest BCUT2D eigenvalue weighted by Crippen LogP contribution is -2.51. The van der Waals surface area contributed by atoms with Gasteiger partial charge in [0.25, 0.3) is 0 Å². The molecule has 1 heterocycles. The van der Waals surface area contributed by atoms with Gasteiger partial charge in [0.2, 0.25) is 5.91 Å². The molecular weight excluding hydrogens is 252 g/mol.